The summed E-state index contributed by atoms with van der Waals surface area (Å²) in [6.07, 6.45) is 1.63. The number of nitrogens with zero attached hydrogens (tertiary/aromatic N) is 3. The lowest BCUT2D eigenvalue weighted by atomic mass is 10.0. The van der Waals surface area contributed by atoms with Crippen LogP contribution >= 0.6 is 23.1 Å². The predicted molar refractivity (Wildman–Crippen MR) is 140 cm³/mol. The average molecular weight is 507 g/mol. The van der Waals surface area contributed by atoms with Crippen molar-refractivity contribution in [1.82, 2.24) is 14.8 Å². The molecule has 4 aromatic rings. The normalized spacial score (nSPS) is 10.8. The smallest absolute Gasteiger partial charge is 0.341 e. The number of thiophene rings is 1. The summed E-state index contributed by atoms with van der Waals surface area (Å²) in [5, 5.41) is 14.4. The topological polar surface area (TPSA) is 86.1 Å². The largest absolute Gasteiger partial charge is 0.465 e. The Hall–Kier alpha value is -3.43. The van der Waals surface area contributed by atoms with Gasteiger partial charge in [0.1, 0.15) is 16.4 Å². The average Bonchev–Trinajstić information content (AvgIpc) is 3.45. The number of esters is 1. The van der Waals surface area contributed by atoms with E-state index in [9.17, 15) is 9.59 Å². The summed E-state index contributed by atoms with van der Waals surface area (Å²) in [6, 6.07) is 18.1. The van der Waals surface area contributed by atoms with Crippen LogP contribution in [0.4, 0.5) is 5.00 Å². The van der Waals surface area contributed by atoms with Gasteiger partial charge in [0.25, 0.3) is 0 Å². The van der Waals surface area contributed by atoms with E-state index < -0.39 is 5.97 Å². The van der Waals surface area contributed by atoms with E-state index >= 15 is 0 Å². The third-order valence-electron chi connectivity index (χ3n) is 5.53. The number of rotatable bonds is 9. The zero-order valence-electron chi connectivity index (χ0n) is 19.8. The van der Waals surface area contributed by atoms with Crippen LogP contribution in [0.25, 0.3) is 11.1 Å². The Morgan fingerprint density at radius 1 is 1.06 bits per heavy atom. The molecule has 0 bridgehead atoms. The molecule has 0 fully saturated rings. The van der Waals surface area contributed by atoms with Crippen molar-refractivity contribution in [3.8, 4) is 11.1 Å². The number of ether oxygens (including phenoxy) is 1. The third kappa shape index (κ3) is 5.98. The van der Waals surface area contributed by atoms with Crippen molar-refractivity contribution in [1.29, 1.82) is 0 Å². The number of anilines is 1. The van der Waals surface area contributed by atoms with Crippen molar-refractivity contribution in [2.75, 3.05) is 18.2 Å². The monoisotopic (exact) mass is 506 g/mol. The van der Waals surface area contributed by atoms with Crippen LogP contribution in [0.5, 0.6) is 0 Å². The van der Waals surface area contributed by atoms with Gasteiger partial charge in [-0.25, -0.2) is 4.79 Å². The maximum Gasteiger partial charge on any atom is 0.341 e. The van der Waals surface area contributed by atoms with Crippen molar-refractivity contribution in [3.05, 3.63) is 82.5 Å². The van der Waals surface area contributed by atoms with E-state index in [2.05, 4.69) is 27.6 Å². The van der Waals surface area contributed by atoms with Gasteiger partial charge < -0.3 is 14.6 Å². The lowest BCUT2D eigenvalue weighted by Gasteiger charge is -2.08. The van der Waals surface area contributed by atoms with Gasteiger partial charge in [-0.1, -0.05) is 71.9 Å². The lowest BCUT2D eigenvalue weighted by Crippen LogP contribution is -2.16. The summed E-state index contributed by atoms with van der Waals surface area (Å²) in [5.41, 5.74) is 4.36. The zero-order valence-corrected chi connectivity index (χ0v) is 21.4. The number of aryl methyl sites for hydroxylation is 3. The number of benzene rings is 2. The van der Waals surface area contributed by atoms with Gasteiger partial charge in [-0.2, -0.15) is 0 Å². The quantitative estimate of drug-likeness (QED) is 0.249. The summed E-state index contributed by atoms with van der Waals surface area (Å²) in [4.78, 5) is 25.3. The molecular weight excluding hydrogens is 480 g/mol. The highest BCUT2D eigenvalue weighted by Crippen LogP contribution is 2.36. The number of carbonyl (C=O) groups is 2. The summed E-state index contributed by atoms with van der Waals surface area (Å²) >= 11 is 2.61. The number of thioether (sulfide) groups is 1. The van der Waals surface area contributed by atoms with E-state index in [0.717, 1.165) is 35.4 Å². The number of nitrogens with one attached hydrogen (secondary N) is 1. The molecular formula is C26H26N4O3S2. The Bertz CT molecular complexity index is 1310. The first kappa shape index (κ1) is 24.7. The minimum absolute atomic E-state index is 0.142. The SMILES string of the molecule is COC(=O)c1c(-c2ccc(C)cc2)csc1NC(=O)CSc1nnc(CCc2ccccc2)n1C. The molecule has 7 nitrogen and oxygen atoms in total. The number of hydrogen-bond acceptors (Lipinski definition) is 7. The predicted octanol–water partition coefficient (Wildman–Crippen LogP) is 5.15. The fourth-order valence-electron chi connectivity index (χ4n) is 3.58. The molecule has 9 heteroatoms. The first-order valence-electron chi connectivity index (χ1n) is 11.1. The van der Waals surface area contributed by atoms with Crippen LogP contribution in [-0.4, -0.2) is 39.5 Å². The summed E-state index contributed by atoms with van der Waals surface area (Å²) in [5.74, 6) is 0.293. The Morgan fingerprint density at radius 2 is 1.80 bits per heavy atom. The fraction of sp³-hybridized carbons (Fsp3) is 0.231. The molecule has 0 radical (unpaired) electrons. The lowest BCUT2D eigenvalue weighted by molar-refractivity contribution is -0.113. The number of carbonyl (C=O) groups excluding carboxylic acids is 2. The molecule has 180 valence electrons. The summed E-state index contributed by atoms with van der Waals surface area (Å²) in [7, 11) is 3.24. The molecule has 1 amide bonds. The highest BCUT2D eigenvalue weighted by atomic mass is 32.2. The second kappa shape index (κ2) is 11.3. The van der Waals surface area contributed by atoms with E-state index in [1.54, 1.807) is 0 Å². The van der Waals surface area contributed by atoms with Gasteiger partial charge in [0.15, 0.2) is 5.16 Å². The van der Waals surface area contributed by atoms with Gasteiger partial charge in [0.05, 0.1) is 12.9 Å². The minimum atomic E-state index is -0.485. The van der Waals surface area contributed by atoms with Crippen LogP contribution in [0, 0.1) is 6.92 Å². The van der Waals surface area contributed by atoms with Crippen molar-refractivity contribution in [2.45, 2.75) is 24.9 Å². The van der Waals surface area contributed by atoms with Crippen LogP contribution < -0.4 is 5.32 Å². The Labute approximate surface area is 212 Å². The van der Waals surface area contributed by atoms with Crippen LogP contribution in [0.3, 0.4) is 0 Å². The molecule has 2 aromatic heterocycles. The molecule has 0 aliphatic carbocycles. The van der Waals surface area contributed by atoms with E-state index in [4.69, 9.17) is 4.74 Å². The molecule has 35 heavy (non-hydrogen) atoms. The van der Waals surface area contributed by atoms with Gasteiger partial charge in [-0.3, -0.25) is 4.79 Å². The van der Waals surface area contributed by atoms with Gasteiger partial charge in [0, 0.05) is 24.4 Å². The Kier molecular flexibility index (Phi) is 7.99. The van der Waals surface area contributed by atoms with Crippen LogP contribution in [0.2, 0.25) is 0 Å². The Balaban J connectivity index is 1.40. The molecule has 0 atom stereocenters. The Morgan fingerprint density at radius 3 is 2.51 bits per heavy atom. The zero-order chi connectivity index (χ0) is 24.8. The van der Waals surface area contributed by atoms with E-state index in [0.29, 0.717) is 15.7 Å². The van der Waals surface area contributed by atoms with Crippen molar-refractivity contribution < 1.29 is 14.3 Å². The van der Waals surface area contributed by atoms with Gasteiger partial charge in [0.2, 0.25) is 5.91 Å². The molecule has 0 saturated carbocycles. The molecule has 0 aliphatic rings. The molecule has 0 saturated heterocycles. The highest BCUT2D eigenvalue weighted by molar-refractivity contribution is 7.99. The van der Waals surface area contributed by atoms with E-state index in [1.165, 1.54) is 35.8 Å². The fourth-order valence-corrected chi connectivity index (χ4v) is 5.29. The van der Waals surface area contributed by atoms with Gasteiger partial charge in [-0.05, 0) is 24.5 Å². The minimum Gasteiger partial charge on any atom is -0.465 e. The second-order valence-electron chi connectivity index (χ2n) is 7.99. The van der Waals surface area contributed by atoms with Crippen molar-refractivity contribution in [3.63, 3.8) is 0 Å². The van der Waals surface area contributed by atoms with E-state index in [1.807, 2.05) is 66.4 Å². The molecule has 4 rings (SSSR count). The molecule has 0 spiro atoms. The first-order valence-corrected chi connectivity index (χ1v) is 12.9. The number of amides is 1. The third-order valence-corrected chi connectivity index (χ3v) is 7.45. The summed E-state index contributed by atoms with van der Waals surface area (Å²) in [6.45, 7) is 2.01. The molecule has 1 N–H and O–H groups in total. The first-order chi connectivity index (χ1) is 17.0. The second-order valence-corrected chi connectivity index (χ2v) is 9.81. The maximum absolute atomic E-state index is 12.7. The number of methoxy groups -OCH3 is 1. The number of aromatic nitrogens is 3. The van der Waals surface area contributed by atoms with E-state index in [-0.39, 0.29) is 11.7 Å². The maximum atomic E-state index is 12.7. The number of hydrogen-bond donors (Lipinski definition) is 1. The molecule has 0 aliphatic heterocycles. The summed E-state index contributed by atoms with van der Waals surface area (Å²) < 4.78 is 6.91. The molecule has 0 unspecified atom stereocenters. The standard InChI is InChI=1S/C26H26N4O3S2/c1-17-9-12-19(13-10-17)20-15-34-24(23(20)25(32)33-3)27-22(31)16-35-26-29-28-21(30(26)2)14-11-18-7-5-4-6-8-18/h4-10,12-13,15H,11,14,16H2,1-3H3,(H,27,31). The highest BCUT2D eigenvalue weighted by Gasteiger charge is 2.22. The van der Waals surface area contributed by atoms with Crippen molar-refractivity contribution in [2.24, 2.45) is 7.05 Å². The van der Waals surface area contributed by atoms with Crippen LogP contribution in [0.15, 0.2) is 65.1 Å². The van der Waals surface area contributed by atoms with Gasteiger partial charge in [-0.15, -0.1) is 21.5 Å². The van der Waals surface area contributed by atoms with Crippen LogP contribution in [0.1, 0.15) is 27.3 Å². The van der Waals surface area contributed by atoms with Crippen molar-refractivity contribution >= 4 is 40.0 Å². The van der Waals surface area contributed by atoms with Gasteiger partial charge >= 0.3 is 5.97 Å². The molecule has 2 aromatic carbocycles. The molecule has 2 heterocycles. The van der Waals surface area contributed by atoms with Crippen LogP contribution in [-0.2, 0) is 29.4 Å².